The molecule has 0 spiro atoms. The molecule has 2 aromatic rings. The zero-order valence-electron chi connectivity index (χ0n) is 17.1. The topological polar surface area (TPSA) is 84.9 Å². The highest BCUT2D eigenvalue weighted by Crippen LogP contribution is 2.33. The Balaban J connectivity index is 1.92. The molecule has 0 fully saturated rings. The van der Waals surface area contributed by atoms with Crippen molar-refractivity contribution in [2.75, 3.05) is 29.1 Å². The molecule has 29 heavy (non-hydrogen) atoms. The van der Waals surface area contributed by atoms with E-state index in [1.54, 1.807) is 31.2 Å². The minimum atomic E-state index is -3.69. The van der Waals surface area contributed by atoms with Gasteiger partial charge in [0.05, 0.1) is 11.9 Å². The van der Waals surface area contributed by atoms with Gasteiger partial charge in [0, 0.05) is 11.8 Å². The van der Waals surface area contributed by atoms with E-state index in [1.165, 1.54) is 4.31 Å². The Morgan fingerprint density at radius 2 is 1.79 bits per heavy atom. The summed E-state index contributed by atoms with van der Waals surface area (Å²) in [6.45, 7) is 6.43. The van der Waals surface area contributed by atoms with Crippen LogP contribution in [0.15, 0.2) is 36.4 Å². The maximum absolute atomic E-state index is 13.1. The van der Waals surface area contributed by atoms with Crippen molar-refractivity contribution in [1.29, 1.82) is 0 Å². The highest BCUT2D eigenvalue weighted by Gasteiger charge is 2.32. The number of ether oxygens (including phenoxy) is 2. The van der Waals surface area contributed by atoms with Crippen molar-refractivity contribution >= 4 is 27.3 Å². The van der Waals surface area contributed by atoms with Gasteiger partial charge < -0.3 is 14.8 Å². The number of hydrogen-bond donors (Lipinski definition) is 1. The van der Waals surface area contributed by atoms with E-state index in [9.17, 15) is 13.2 Å². The number of sulfonamides is 1. The van der Waals surface area contributed by atoms with Crippen molar-refractivity contribution < 1.29 is 22.7 Å². The van der Waals surface area contributed by atoms with Crippen LogP contribution < -0.4 is 19.1 Å². The molecule has 1 unspecified atom stereocenters. The van der Waals surface area contributed by atoms with E-state index in [1.807, 2.05) is 26.0 Å². The lowest BCUT2D eigenvalue weighted by Crippen LogP contribution is -2.47. The van der Waals surface area contributed by atoms with Gasteiger partial charge >= 0.3 is 0 Å². The molecule has 1 aliphatic heterocycles. The van der Waals surface area contributed by atoms with E-state index in [0.717, 1.165) is 17.4 Å². The van der Waals surface area contributed by atoms with E-state index in [2.05, 4.69) is 5.32 Å². The first kappa shape index (κ1) is 21.0. The molecule has 1 atom stereocenters. The zero-order chi connectivity index (χ0) is 21.2. The summed E-state index contributed by atoms with van der Waals surface area (Å²) in [4.78, 5) is 13.1. The molecular formula is C21H26N2O5S. The molecule has 0 saturated heterocycles. The number of amides is 1. The molecule has 0 aromatic heterocycles. The lowest BCUT2D eigenvalue weighted by atomic mass is 10.1. The van der Waals surface area contributed by atoms with Crippen molar-refractivity contribution in [2.24, 2.45) is 0 Å². The van der Waals surface area contributed by atoms with Gasteiger partial charge in [-0.25, -0.2) is 8.42 Å². The summed E-state index contributed by atoms with van der Waals surface area (Å²) in [5.41, 5.74) is 2.73. The van der Waals surface area contributed by atoms with Crippen LogP contribution >= 0.6 is 0 Å². The maximum atomic E-state index is 13.1. The predicted molar refractivity (Wildman–Crippen MR) is 113 cm³/mol. The Kier molecular flexibility index (Phi) is 6.02. The molecule has 1 amide bonds. The Labute approximate surface area is 171 Å². The number of anilines is 2. The third-order valence-electron chi connectivity index (χ3n) is 4.74. The molecule has 0 radical (unpaired) electrons. The standard InChI is InChI=1S/C21H26N2O5S/c1-5-17(23(29(4,25)26)18-12-14(2)6-7-15(18)3)21(24)22-16-8-9-19-20(13-16)28-11-10-27-19/h6-9,12-13,17H,5,10-11H2,1-4H3,(H,22,24). The molecule has 1 heterocycles. The minimum Gasteiger partial charge on any atom is -0.486 e. The fraction of sp³-hybridized carbons (Fsp3) is 0.381. The number of carbonyl (C=O) groups is 1. The Hall–Kier alpha value is -2.74. The van der Waals surface area contributed by atoms with E-state index in [-0.39, 0.29) is 0 Å². The van der Waals surface area contributed by atoms with Gasteiger partial charge in [0.1, 0.15) is 19.3 Å². The molecular weight excluding hydrogens is 392 g/mol. The first-order chi connectivity index (χ1) is 13.7. The monoisotopic (exact) mass is 418 g/mol. The zero-order valence-corrected chi connectivity index (χ0v) is 17.9. The Morgan fingerprint density at radius 1 is 1.10 bits per heavy atom. The van der Waals surface area contributed by atoms with Crippen LogP contribution in [-0.2, 0) is 14.8 Å². The van der Waals surface area contributed by atoms with Crippen LogP contribution in [0.1, 0.15) is 24.5 Å². The molecule has 0 bridgehead atoms. The number of hydrogen-bond acceptors (Lipinski definition) is 5. The summed E-state index contributed by atoms with van der Waals surface area (Å²) in [5.74, 6) is 0.765. The second kappa shape index (κ2) is 8.32. The fourth-order valence-corrected chi connectivity index (χ4v) is 4.60. The molecule has 1 N–H and O–H groups in total. The van der Waals surface area contributed by atoms with E-state index >= 15 is 0 Å². The Bertz CT molecular complexity index is 1020. The molecule has 0 aliphatic carbocycles. The van der Waals surface area contributed by atoms with Gasteiger partial charge in [-0.1, -0.05) is 19.1 Å². The van der Waals surface area contributed by atoms with Crippen molar-refractivity contribution in [3.63, 3.8) is 0 Å². The van der Waals surface area contributed by atoms with Crippen LogP contribution in [-0.4, -0.2) is 39.8 Å². The van der Waals surface area contributed by atoms with Crippen LogP contribution in [0.4, 0.5) is 11.4 Å². The average Bonchev–Trinajstić information content (AvgIpc) is 2.67. The third kappa shape index (κ3) is 4.64. The number of fused-ring (bicyclic) bond motifs is 1. The molecule has 3 rings (SSSR count). The summed E-state index contributed by atoms with van der Waals surface area (Å²) in [5, 5.41) is 2.82. The van der Waals surface area contributed by atoms with Gasteiger partial charge in [0.25, 0.3) is 0 Å². The second-order valence-corrected chi connectivity index (χ2v) is 8.98. The highest BCUT2D eigenvalue weighted by atomic mass is 32.2. The van der Waals surface area contributed by atoms with Gasteiger partial charge in [-0.3, -0.25) is 9.10 Å². The number of benzene rings is 2. The van der Waals surface area contributed by atoms with Gasteiger partial charge in [0.2, 0.25) is 15.9 Å². The molecule has 156 valence electrons. The van der Waals surface area contributed by atoms with E-state index in [4.69, 9.17) is 9.47 Å². The smallest absolute Gasteiger partial charge is 0.248 e. The number of aryl methyl sites for hydroxylation is 2. The van der Waals surface area contributed by atoms with Crippen LogP contribution in [0.5, 0.6) is 11.5 Å². The van der Waals surface area contributed by atoms with Crippen molar-refractivity contribution in [2.45, 2.75) is 33.2 Å². The van der Waals surface area contributed by atoms with Gasteiger partial charge in [-0.2, -0.15) is 0 Å². The highest BCUT2D eigenvalue weighted by molar-refractivity contribution is 7.92. The van der Waals surface area contributed by atoms with Crippen LogP contribution in [0, 0.1) is 13.8 Å². The largest absolute Gasteiger partial charge is 0.486 e. The predicted octanol–water partition coefficient (Wildman–Crippen LogP) is 3.26. The average molecular weight is 419 g/mol. The number of nitrogens with one attached hydrogen (secondary N) is 1. The van der Waals surface area contributed by atoms with Crippen molar-refractivity contribution in [3.8, 4) is 11.5 Å². The van der Waals surface area contributed by atoms with E-state index in [0.29, 0.717) is 42.5 Å². The maximum Gasteiger partial charge on any atom is 0.248 e. The minimum absolute atomic E-state index is 0.316. The molecule has 0 saturated carbocycles. The Morgan fingerprint density at radius 3 is 2.45 bits per heavy atom. The van der Waals surface area contributed by atoms with Gasteiger partial charge in [-0.05, 0) is 49.6 Å². The molecule has 7 nitrogen and oxygen atoms in total. The number of rotatable bonds is 6. The van der Waals surface area contributed by atoms with Crippen molar-refractivity contribution in [3.05, 3.63) is 47.5 Å². The lowest BCUT2D eigenvalue weighted by molar-refractivity contribution is -0.117. The summed E-state index contributed by atoms with van der Waals surface area (Å²) < 4.78 is 37.6. The summed E-state index contributed by atoms with van der Waals surface area (Å²) in [6.07, 6.45) is 1.44. The fourth-order valence-electron chi connectivity index (χ4n) is 3.34. The first-order valence-electron chi connectivity index (χ1n) is 9.48. The quantitative estimate of drug-likeness (QED) is 0.778. The first-order valence-corrected chi connectivity index (χ1v) is 11.3. The van der Waals surface area contributed by atoms with Crippen LogP contribution in [0.2, 0.25) is 0 Å². The molecule has 1 aliphatic rings. The van der Waals surface area contributed by atoms with Crippen LogP contribution in [0.3, 0.4) is 0 Å². The normalized spacial score (nSPS) is 14.2. The number of nitrogens with zero attached hydrogens (tertiary/aromatic N) is 1. The number of carbonyl (C=O) groups excluding carboxylic acids is 1. The lowest BCUT2D eigenvalue weighted by Gasteiger charge is -2.31. The summed E-state index contributed by atoms with van der Waals surface area (Å²) >= 11 is 0. The third-order valence-corrected chi connectivity index (χ3v) is 5.91. The SMILES string of the molecule is CCC(C(=O)Nc1ccc2c(c1)OCCO2)N(c1cc(C)ccc1C)S(C)(=O)=O. The molecule has 8 heteroatoms. The second-order valence-electron chi connectivity index (χ2n) is 7.12. The van der Waals surface area contributed by atoms with Gasteiger partial charge in [-0.15, -0.1) is 0 Å². The van der Waals surface area contributed by atoms with E-state index < -0.39 is 22.0 Å². The van der Waals surface area contributed by atoms with Crippen LogP contribution in [0.25, 0.3) is 0 Å². The summed E-state index contributed by atoms with van der Waals surface area (Å²) in [7, 11) is -3.69. The summed E-state index contributed by atoms with van der Waals surface area (Å²) in [6, 6.07) is 9.78. The van der Waals surface area contributed by atoms with Crippen molar-refractivity contribution in [1.82, 2.24) is 0 Å². The van der Waals surface area contributed by atoms with Gasteiger partial charge in [0.15, 0.2) is 11.5 Å². The molecule has 2 aromatic carbocycles.